The van der Waals surface area contributed by atoms with E-state index in [1.807, 2.05) is 0 Å². The van der Waals surface area contributed by atoms with Gasteiger partial charge in [-0.15, -0.1) is 0 Å². The van der Waals surface area contributed by atoms with Crippen molar-refractivity contribution < 1.29 is 25.6 Å². The molecule has 0 atom stereocenters. The lowest BCUT2D eigenvalue weighted by molar-refractivity contribution is 0.390. The molecular formula is CH3Cl3O6S2. The highest BCUT2D eigenvalue weighted by molar-refractivity contribution is 8.10. The second-order valence-electron chi connectivity index (χ2n) is 1.03. The van der Waals surface area contributed by atoms with Gasteiger partial charge >= 0.3 is 18.7 Å². The summed E-state index contributed by atoms with van der Waals surface area (Å²) in [6.07, 6.45) is 0. The molecule has 0 fully saturated rings. The van der Waals surface area contributed by atoms with E-state index in [1.165, 1.54) is 0 Å². The van der Waals surface area contributed by atoms with Crippen molar-refractivity contribution in [3.05, 3.63) is 0 Å². The highest BCUT2D eigenvalue weighted by Crippen LogP contribution is 1.97. The van der Waals surface area contributed by atoms with Crippen molar-refractivity contribution in [3.63, 3.8) is 0 Å². The summed E-state index contributed by atoms with van der Waals surface area (Å²) in [5.41, 5.74) is 0. The highest BCUT2D eigenvalue weighted by atomic mass is 35.7. The Morgan fingerprint density at radius 2 is 1.42 bits per heavy atom. The van der Waals surface area contributed by atoms with E-state index in [4.69, 9.17) is 24.6 Å². The molecule has 76 valence electrons. The average molecular weight is 282 g/mol. The Kier molecular flexibility index (Phi) is 7.83. The normalized spacial score (nSPS) is 11.7. The van der Waals surface area contributed by atoms with Crippen molar-refractivity contribution >= 4 is 51.6 Å². The zero-order valence-electron chi connectivity index (χ0n) is 5.15. The van der Waals surface area contributed by atoms with Crippen LogP contribution in [0, 0.1) is 0 Å². The molecule has 0 aromatic carbocycles. The summed E-state index contributed by atoms with van der Waals surface area (Å²) in [6.45, 7) is 0. The van der Waals surface area contributed by atoms with E-state index in [9.17, 15) is 8.42 Å². The van der Waals surface area contributed by atoms with Crippen LogP contribution in [0.15, 0.2) is 0 Å². The highest BCUT2D eigenvalue weighted by Gasteiger charge is 2.00. The summed E-state index contributed by atoms with van der Waals surface area (Å²) in [7, 11) is 0.528. The molecule has 0 aliphatic rings. The summed E-state index contributed by atoms with van der Waals surface area (Å²) < 4.78 is 48.3. The van der Waals surface area contributed by atoms with Gasteiger partial charge in [0.1, 0.15) is 6.07 Å². The van der Waals surface area contributed by atoms with E-state index < -0.39 is 24.7 Å². The monoisotopic (exact) mass is 280 g/mol. The van der Waals surface area contributed by atoms with E-state index in [-0.39, 0.29) is 0 Å². The fourth-order valence-electron chi connectivity index (χ4n) is 0.0532. The molecule has 0 aromatic rings. The van der Waals surface area contributed by atoms with Gasteiger partial charge in [-0.05, 0) is 0 Å². The Balaban J connectivity index is 0. The molecule has 0 saturated heterocycles. The molecular weight excluding hydrogens is 278 g/mol. The van der Waals surface area contributed by atoms with Gasteiger partial charge in [0.05, 0.1) is 0 Å². The minimum absolute atomic E-state index is 0.439. The first-order valence-electron chi connectivity index (χ1n) is 1.88. The topological polar surface area (TPSA) is 97.7 Å². The molecule has 0 amide bonds. The van der Waals surface area contributed by atoms with Gasteiger partial charge in [0.15, 0.2) is 0 Å². The van der Waals surface area contributed by atoms with Crippen molar-refractivity contribution in [1.29, 1.82) is 0 Å². The van der Waals surface area contributed by atoms with Crippen molar-refractivity contribution in [2.45, 2.75) is 0 Å². The number of halogens is 3. The molecule has 1 N–H and O–H groups in total. The Morgan fingerprint density at radius 3 is 1.42 bits per heavy atom. The first kappa shape index (κ1) is 15.2. The quantitative estimate of drug-likeness (QED) is 0.455. The van der Waals surface area contributed by atoms with Crippen LogP contribution in [-0.4, -0.2) is 27.5 Å². The second kappa shape index (κ2) is 6.19. The van der Waals surface area contributed by atoms with Crippen molar-refractivity contribution in [2.75, 3.05) is 6.07 Å². The van der Waals surface area contributed by atoms with Gasteiger partial charge in [0.25, 0.3) is 0 Å². The molecule has 0 radical (unpaired) electrons. The van der Waals surface area contributed by atoms with Crippen LogP contribution < -0.4 is 0 Å². The van der Waals surface area contributed by atoms with Gasteiger partial charge in [-0.1, -0.05) is 11.6 Å². The van der Waals surface area contributed by atoms with Crippen LogP contribution in [0.2, 0.25) is 0 Å². The molecule has 0 bridgehead atoms. The largest absolute Gasteiger partial charge is 0.356 e. The molecule has 6 nitrogen and oxygen atoms in total. The SMILES string of the molecule is O=S(=O)(Cl)OCCl.O=S(=O)(O)Cl. The van der Waals surface area contributed by atoms with Gasteiger partial charge in [-0.25, -0.2) is 4.18 Å². The number of rotatable bonds is 2. The van der Waals surface area contributed by atoms with Crippen LogP contribution in [0.4, 0.5) is 0 Å². The molecule has 0 heterocycles. The first-order valence-corrected chi connectivity index (χ1v) is 6.92. The Bertz CT molecular complexity index is 281. The summed E-state index contributed by atoms with van der Waals surface area (Å²) in [4.78, 5) is 0. The molecule has 0 aromatic heterocycles. The summed E-state index contributed by atoms with van der Waals surface area (Å²) in [5, 5.41) is 0. The van der Waals surface area contributed by atoms with Crippen molar-refractivity contribution in [1.82, 2.24) is 0 Å². The summed E-state index contributed by atoms with van der Waals surface area (Å²) in [6, 6.07) is -0.439. The number of hydrogen-bond donors (Lipinski definition) is 1. The third-order valence-electron chi connectivity index (χ3n) is 0.185. The first-order chi connectivity index (χ1) is 5.06. The smallest absolute Gasteiger partial charge is 0.273 e. The Morgan fingerprint density at radius 1 is 1.17 bits per heavy atom. The predicted octanol–water partition coefficient (Wildman–Crippen LogP) is 0.711. The van der Waals surface area contributed by atoms with Gasteiger partial charge in [0.2, 0.25) is 0 Å². The summed E-state index contributed by atoms with van der Waals surface area (Å²) in [5.74, 6) is 0. The Hall–Kier alpha value is 0.690. The molecule has 0 spiro atoms. The molecule has 11 heteroatoms. The van der Waals surface area contributed by atoms with Crippen molar-refractivity contribution in [3.8, 4) is 0 Å². The molecule has 0 unspecified atom stereocenters. The maximum absolute atomic E-state index is 9.69. The zero-order chi connectivity index (χ0) is 10.4. The third kappa shape index (κ3) is 45.6. The lowest BCUT2D eigenvalue weighted by Crippen LogP contribution is -1.92. The maximum Gasteiger partial charge on any atom is 0.356 e. The van der Waals surface area contributed by atoms with E-state index >= 15 is 0 Å². The third-order valence-corrected chi connectivity index (χ3v) is 1.09. The minimum atomic E-state index is -4.19. The molecule has 12 heavy (non-hydrogen) atoms. The van der Waals surface area contributed by atoms with Crippen LogP contribution in [0.25, 0.3) is 0 Å². The fraction of sp³-hybridized carbons (Fsp3) is 1.00. The Labute approximate surface area is 83.2 Å². The average Bonchev–Trinajstić information content (AvgIpc) is 1.54. The molecule has 0 aliphatic carbocycles. The van der Waals surface area contributed by atoms with E-state index in [2.05, 4.69) is 25.5 Å². The second-order valence-corrected chi connectivity index (χ2v) is 5.40. The van der Waals surface area contributed by atoms with Gasteiger partial charge in [-0.2, -0.15) is 16.8 Å². The van der Waals surface area contributed by atoms with Crippen LogP contribution in [0.5, 0.6) is 0 Å². The predicted molar refractivity (Wildman–Crippen MR) is 44.0 cm³/mol. The molecule has 0 saturated carbocycles. The van der Waals surface area contributed by atoms with Gasteiger partial charge < -0.3 is 0 Å². The fourth-order valence-corrected chi connectivity index (χ4v) is 0.782. The van der Waals surface area contributed by atoms with E-state index in [1.54, 1.807) is 0 Å². The number of alkyl halides is 1. The maximum atomic E-state index is 9.69. The zero-order valence-corrected chi connectivity index (χ0v) is 9.05. The van der Waals surface area contributed by atoms with Crippen LogP contribution in [0.1, 0.15) is 0 Å². The molecule has 0 rings (SSSR count). The minimum Gasteiger partial charge on any atom is -0.273 e. The molecule has 0 aliphatic heterocycles. The van der Waals surface area contributed by atoms with E-state index in [0.29, 0.717) is 0 Å². The van der Waals surface area contributed by atoms with Gasteiger partial charge in [0, 0.05) is 21.4 Å². The lowest BCUT2D eigenvalue weighted by Gasteiger charge is -1.86. The van der Waals surface area contributed by atoms with Crippen LogP contribution in [0.3, 0.4) is 0 Å². The summed E-state index contributed by atoms with van der Waals surface area (Å²) >= 11 is 4.80. The van der Waals surface area contributed by atoms with Crippen LogP contribution >= 0.6 is 33.0 Å². The van der Waals surface area contributed by atoms with Crippen LogP contribution in [-0.2, 0) is 22.8 Å². The lowest BCUT2D eigenvalue weighted by atomic mass is 11.7. The van der Waals surface area contributed by atoms with Crippen molar-refractivity contribution in [2.24, 2.45) is 0 Å². The number of hydrogen-bond acceptors (Lipinski definition) is 5. The van der Waals surface area contributed by atoms with Gasteiger partial charge in [-0.3, -0.25) is 4.55 Å². The van der Waals surface area contributed by atoms with E-state index in [0.717, 1.165) is 0 Å². The standard InChI is InChI=1S/CH2Cl2O3S.ClHO3S/c2-1-6-7(3,4)5;1-5(2,3)4/h1H2;(H,2,3,4).